The van der Waals surface area contributed by atoms with Crippen molar-refractivity contribution in [3.8, 4) is 0 Å². The van der Waals surface area contributed by atoms with E-state index in [1.807, 2.05) is 0 Å². The zero-order valence-corrected chi connectivity index (χ0v) is 12.5. The van der Waals surface area contributed by atoms with Gasteiger partial charge in [-0.05, 0) is 30.4 Å². The van der Waals surface area contributed by atoms with E-state index in [-0.39, 0.29) is 18.3 Å². The number of benzene rings is 1. The summed E-state index contributed by atoms with van der Waals surface area (Å²) >= 11 is 0. The molecule has 1 N–H and O–H groups in total. The van der Waals surface area contributed by atoms with Gasteiger partial charge >= 0.3 is 0 Å². The molecule has 116 valence electrons. The maximum Gasteiger partial charge on any atom is 0.110 e. The number of ether oxygens (including phenoxy) is 3. The molecule has 1 aromatic carbocycles. The van der Waals surface area contributed by atoms with Crippen LogP contribution < -0.4 is 0 Å². The summed E-state index contributed by atoms with van der Waals surface area (Å²) < 4.78 is 16.9. The minimum absolute atomic E-state index is 0.00647. The third-order valence-electron chi connectivity index (χ3n) is 4.47. The lowest BCUT2D eigenvalue weighted by molar-refractivity contribution is -0.212. The Labute approximate surface area is 126 Å². The molecule has 3 rings (SSSR count). The molecule has 1 saturated carbocycles. The van der Waals surface area contributed by atoms with E-state index in [4.69, 9.17) is 14.2 Å². The number of hydrogen-bond acceptors (Lipinski definition) is 4. The van der Waals surface area contributed by atoms with Crippen LogP contribution in [0.15, 0.2) is 24.3 Å². The molecule has 4 unspecified atom stereocenters. The highest BCUT2D eigenvalue weighted by Crippen LogP contribution is 2.37. The van der Waals surface area contributed by atoms with E-state index < -0.39 is 6.10 Å². The number of hydrogen-bond donors (Lipinski definition) is 1. The van der Waals surface area contributed by atoms with Gasteiger partial charge in [0.1, 0.15) is 6.10 Å². The molecule has 2 aliphatic rings. The summed E-state index contributed by atoms with van der Waals surface area (Å²) in [6.45, 7) is 1.04. The maximum absolute atomic E-state index is 9.86. The molecule has 4 heteroatoms. The van der Waals surface area contributed by atoms with E-state index >= 15 is 0 Å². The zero-order chi connectivity index (χ0) is 14.7. The highest BCUT2D eigenvalue weighted by molar-refractivity contribution is 5.31. The van der Waals surface area contributed by atoms with Gasteiger partial charge in [0.25, 0.3) is 0 Å². The molecule has 0 radical (unpaired) electrons. The van der Waals surface area contributed by atoms with E-state index in [1.165, 1.54) is 11.1 Å². The number of fused-ring (bicyclic) bond motifs is 1. The van der Waals surface area contributed by atoms with Gasteiger partial charge in [0.15, 0.2) is 0 Å². The van der Waals surface area contributed by atoms with E-state index in [1.54, 1.807) is 7.11 Å². The second kappa shape index (κ2) is 6.88. The summed E-state index contributed by atoms with van der Waals surface area (Å²) in [6, 6.07) is 8.51. The van der Waals surface area contributed by atoms with Crippen molar-refractivity contribution in [3.63, 3.8) is 0 Å². The summed E-state index contributed by atoms with van der Waals surface area (Å²) in [5, 5.41) is 9.86. The second-order valence-corrected chi connectivity index (χ2v) is 5.89. The molecule has 0 aromatic heterocycles. The van der Waals surface area contributed by atoms with Crippen LogP contribution in [0.25, 0.3) is 0 Å². The van der Waals surface area contributed by atoms with Gasteiger partial charge in [-0.15, -0.1) is 0 Å². The Hall–Kier alpha value is -0.940. The topological polar surface area (TPSA) is 47.9 Å². The van der Waals surface area contributed by atoms with Crippen LogP contribution in [0.5, 0.6) is 0 Å². The lowest BCUT2D eigenvalue weighted by Gasteiger charge is -2.43. The fourth-order valence-corrected chi connectivity index (χ4v) is 3.24. The zero-order valence-electron chi connectivity index (χ0n) is 12.5. The first-order valence-corrected chi connectivity index (χ1v) is 7.81. The molecule has 0 heterocycles. The molecule has 21 heavy (non-hydrogen) atoms. The number of aliphatic hydroxyl groups is 1. The molecule has 0 saturated heterocycles. The van der Waals surface area contributed by atoms with Crippen molar-refractivity contribution >= 4 is 0 Å². The summed E-state index contributed by atoms with van der Waals surface area (Å²) in [6.07, 6.45) is 3.52. The largest absolute Gasteiger partial charge is 0.390 e. The first kappa shape index (κ1) is 15.0. The van der Waals surface area contributed by atoms with Gasteiger partial charge in [-0.3, -0.25) is 0 Å². The molecular weight excluding hydrogens is 268 g/mol. The van der Waals surface area contributed by atoms with Gasteiger partial charge in [-0.2, -0.15) is 0 Å². The Morgan fingerprint density at radius 1 is 1.24 bits per heavy atom. The lowest BCUT2D eigenvalue weighted by atomic mass is 9.85. The fraction of sp³-hybridized carbons (Fsp3) is 0.647. The molecule has 4 nitrogen and oxygen atoms in total. The predicted octanol–water partition coefficient (Wildman–Crippen LogP) is 2.25. The van der Waals surface area contributed by atoms with Gasteiger partial charge in [-0.25, -0.2) is 0 Å². The molecule has 1 fully saturated rings. The molecule has 0 spiro atoms. The average Bonchev–Trinajstić information content (AvgIpc) is 2.51. The highest BCUT2D eigenvalue weighted by atomic mass is 16.6. The summed E-state index contributed by atoms with van der Waals surface area (Å²) in [5.41, 5.74) is 2.70. The minimum atomic E-state index is -0.411. The van der Waals surface area contributed by atoms with Gasteiger partial charge in [0.2, 0.25) is 0 Å². The number of aryl methyl sites for hydroxylation is 1. The Morgan fingerprint density at radius 2 is 2.10 bits per heavy atom. The van der Waals surface area contributed by atoms with Crippen molar-refractivity contribution < 1.29 is 19.3 Å². The predicted molar refractivity (Wildman–Crippen MR) is 79.2 cm³/mol. The van der Waals surface area contributed by atoms with Crippen molar-refractivity contribution in [2.75, 3.05) is 20.3 Å². The van der Waals surface area contributed by atoms with Crippen LogP contribution in [0.3, 0.4) is 0 Å². The summed E-state index contributed by atoms with van der Waals surface area (Å²) in [4.78, 5) is 0. The molecule has 2 aliphatic carbocycles. The third-order valence-corrected chi connectivity index (χ3v) is 4.47. The molecular formula is C17H24O4. The average molecular weight is 292 g/mol. The number of aliphatic hydroxyl groups excluding tert-OH is 1. The van der Waals surface area contributed by atoms with E-state index in [9.17, 15) is 5.11 Å². The van der Waals surface area contributed by atoms with Crippen LogP contribution in [0.2, 0.25) is 0 Å². The fourth-order valence-electron chi connectivity index (χ4n) is 3.24. The SMILES string of the molecule is COCCOC1C(O)CC1OC1CCCc2ccccc21. The van der Waals surface area contributed by atoms with Crippen LogP contribution in [0, 0.1) is 0 Å². The van der Waals surface area contributed by atoms with Crippen LogP contribution in [0.1, 0.15) is 36.5 Å². The van der Waals surface area contributed by atoms with Crippen LogP contribution in [0.4, 0.5) is 0 Å². The highest BCUT2D eigenvalue weighted by Gasteiger charge is 2.43. The van der Waals surface area contributed by atoms with Crippen molar-refractivity contribution in [2.24, 2.45) is 0 Å². The van der Waals surface area contributed by atoms with Crippen LogP contribution in [-0.2, 0) is 20.6 Å². The Bertz CT molecular complexity index is 462. The number of rotatable bonds is 6. The van der Waals surface area contributed by atoms with Crippen molar-refractivity contribution in [1.29, 1.82) is 0 Å². The Morgan fingerprint density at radius 3 is 2.90 bits per heavy atom. The Balaban J connectivity index is 1.59. The quantitative estimate of drug-likeness (QED) is 0.817. The molecule has 4 atom stereocenters. The van der Waals surface area contributed by atoms with Crippen molar-refractivity contribution in [2.45, 2.75) is 50.1 Å². The minimum Gasteiger partial charge on any atom is -0.390 e. The standard InChI is InChI=1S/C17H24O4/c1-19-9-10-20-17-14(18)11-16(17)21-15-8-4-6-12-5-2-3-7-13(12)15/h2-3,5,7,14-18H,4,6,8-11H2,1H3. The summed E-state index contributed by atoms with van der Waals surface area (Å²) in [5.74, 6) is 0. The molecule has 0 aliphatic heterocycles. The molecule has 1 aromatic rings. The monoisotopic (exact) mass is 292 g/mol. The van der Waals surface area contributed by atoms with Gasteiger partial charge in [0, 0.05) is 13.5 Å². The van der Waals surface area contributed by atoms with Crippen molar-refractivity contribution in [1.82, 2.24) is 0 Å². The third kappa shape index (κ3) is 3.29. The smallest absolute Gasteiger partial charge is 0.110 e. The van der Waals surface area contributed by atoms with Crippen molar-refractivity contribution in [3.05, 3.63) is 35.4 Å². The number of methoxy groups -OCH3 is 1. The van der Waals surface area contributed by atoms with E-state index in [0.717, 1.165) is 19.3 Å². The first-order chi connectivity index (χ1) is 10.3. The van der Waals surface area contributed by atoms with Gasteiger partial charge in [-0.1, -0.05) is 24.3 Å². The molecule has 0 amide bonds. The molecule has 0 bridgehead atoms. The first-order valence-electron chi connectivity index (χ1n) is 7.81. The van der Waals surface area contributed by atoms with Crippen LogP contribution >= 0.6 is 0 Å². The summed E-state index contributed by atoms with van der Waals surface area (Å²) in [7, 11) is 1.65. The van der Waals surface area contributed by atoms with Gasteiger partial charge < -0.3 is 19.3 Å². The maximum atomic E-state index is 9.86. The van der Waals surface area contributed by atoms with Crippen LogP contribution in [-0.4, -0.2) is 43.7 Å². The normalized spacial score (nSPS) is 31.5. The second-order valence-electron chi connectivity index (χ2n) is 5.89. The Kier molecular flexibility index (Phi) is 4.91. The van der Waals surface area contributed by atoms with E-state index in [0.29, 0.717) is 19.6 Å². The van der Waals surface area contributed by atoms with E-state index in [2.05, 4.69) is 24.3 Å². The van der Waals surface area contributed by atoms with Gasteiger partial charge in [0.05, 0.1) is 31.5 Å². The lowest BCUT2D eigenvalue weighted by Crippen LogP contribution is -2.54.